The first-order chi connectivity index (χ1) is 19.1. The number of nitrogens with one attached hydrogen (secondary N) is 2. The van der Waals surface area contributed by atoms with Gasteiger partial charge in [0.15, 0.2) is 0 Å². The zero-order valence-corrected chi connectivity index (χ0v) is 21.6. The Morgan fingerprint density at radius 3 is 2.42 bits per heavy atom. The molecule has 2 aliphatic rings. The molecule has 3 amide bonds. The fourth-order valence-electron chi connectivity index (χ4n) is 4.10. The van der Waals surface area contributed by atoms with E-state index in [1.165, 1.54) is 24.3 Å². The first-order valence-corrected chi connectivity index (χ1v) is 12.7. The highest BCUT2D eigenvalue weighted by Crippen LogP contribution is 2.40. The number of thioether (sulfide) groups is 1. The average Bonchev–Trinajstić information content (AvgIpc) is 2.96. The number of aliphatic carboxylic acids is 1. The maximum atomic E-state index is 13.3. The molecule has 2 aliphatic heterocycles. The lowest BCUT2D eigenvalue weighted by Crippen LogP contribution is -2.71. The van der Waals surface area contributed by atoms with Crippen molar-refractivity contribution in [3.63, 3.8) is 0 Å². The van der Waals surface area contributed by atoms with Gasteiger partial charge in [-0.15, -0.1) is 11.8 Å². The zero-order chi connectivity index (χ0) is 29.0. The summed E-state index contributed by atoms with van der Waals surface area (Å²) in [5.41, 5.74) is 0.0604. The van der Waals surface area contributed by atoms with Crippen molar-refractivity contribution in [1.29, 1.82) is 0 Å². The third-order valence-corrected chi connectivity index (χ3v) is 7.35. The summed E-state index contributed by atoms with van der Waals surface area (Å²) in [6, 6.07) is 11.1. The van der Waals surface area contributed by atoms with E-state index in [0.717, 1.165) is 23.8 Å². The van der Waals surface area contributed by atoms with E-state index < -0.39 is 57.9 Å². The van der Waals surface area contributed by atoms with Gasteiger partial charge in [0.1, 0.15) is 29.8 Å². The second kappa shape index (κ2) is 11.9. The topological polar surface area (TPSA) is 194 Å². The molecule has 2 aromatic carbocycles. The van der Waals surface area contributed by atoms with E-state index in [1.807, 2.05) is 0 Å². The Hall–Kier alpha value is -4.92. The van der Waals surface area contributed by atoms with Crippen molar-refractivity contribution < 1.29 is 43.5 Å². The molecule has 4 rings (SSSR count). The zero-order valence-electron chi connectivity index (χ0n) is 20.8. The number of amides is 3. The van der Waals surface area contributed by atoms with Crippen molar-refractivity contribution in [3.8, 4) is 0 Å². The number of ether oxygens (including phenoxy) is 2. The number of non-ortho nitro benzene ring substituents is 1. The number of carboxylic acids is 1. The van der Waals surface area contributed by atoms with E-state index in [9.17, 15) is 39.2 Å². The number of hydrogen-bond donors (Lipinski definition) is 3. The fraction of sp³-hybridized carbons (Fsp3) is 0.240. The molecule has 208 valence electrons. The highest BCUT2D eigenvalue weighted by molar-refractivity contribution is 8.00. The summed E-state index contributed by atoms with van der Waals surface area (Å²) in [4.78, 5) is 73.8. The van der Waals surface area contributed by atoms with Crippen LogP contribution in [0.2, 0.25) is 0 Å². The number of esters is 1. The molecule has 2 heterocycles. The van der Waals surface area contributed by atoms with Crippen LogP contribution in [0.3, 0.4) is 0 Å². The van der Waals surface area contributed by atoms with Gasteiger partial charge in [0.25, 0.3) is 11.6 Å². The average molecular weight is 571 g/mol. The van der Waals surface area contributed by atoms with E-state index in [1.54, 1.807) is 30.3 Å². The molecule has 3 N–H and O–H groups in total. The van der Waals surface area contributed by atoms with Gasteiger partial charge in [0.05, 0.1) is 17.6 Å². The number of benzene rings is 2. The molecular weight excluding hydrogens is 548 g/mol. The Labute approximate surface area is 230 Å². The van der Waals surface area contributed by atoms with Crippen LogP contribution >= 0.6 is 11.8 Å². The highest BCUT2D eigenvalue weighted by Gasteiger charge is 2.55. The molecule has 0 radical (unpaired) electrons. The lowest BCUT2D eigenvalue weighted by Gasteiger charge is -2.49. The van der Waals surface area contributed by atoms with Gasteiger partial charge in [-0.05, 0) is 23.3 Å². The van der Waals surface area contributed by atoms with E-state index in [2.05, 4.69) is 15.4 Å². The first kappa shape index (κ1) is 28.1. The molecule has 0 saturated carbocycles. The van der Waals surface area contributed by atoms with Crippen LogP contribution in [0.4, 0.5) is 10.5 Å². The van der Waals surface area contributed by atoms with Crippen LogP contribution in [-0.4, -0.2) is 69.1 Å². The number of fused-ring (bicyclic) bond motifs is 1. The van der Waals surface area contributed by atoms with Gasteiger partial charge in [-0.25, -0.2) is 14.4 Å². The van der Waals surface area contributed by atoms with Crippen LogP contribution in [0.15, 0.2) is 65.9 Å². The Bertz CT molecular complexity index is 1400. The van der Waals surface area contributed by atoms with Gasteiger partial charge in [-0.3, -0.25) is 24.6 Å². The minimum absolute atomic E-state index is 0.0511. The first-order valence-electron chi connectivity index (χ1n) is 11.6. The molecular formula is C25H22N4O10S. The normalized spacial score (nSPS) is 18.5. The van der Waals surface area contributed by atoms with Crippen LogP contribution in [0, 0.1) is 10.1 Å². The lowest BCUT2D eigenvalue weighted by atomic mass is 10.0. The van der Waals surface area contributed by atoms with Crippen LogP contribution in [0.1, 0.15) is 17.2 Å². The molecule has 3 atom stereocenters. The summed E-state index contributed by atoms with van der Waals surface area (Å²) in [5, 5.41) is 24.6. The molecule has 1 fully saturated rings. The highest BCUT2D eigenvalue weighted by atomic mass is 32.2. The molecule has 14 nitrogen and oxygen atoms in total. The van der Waals surface area contributed by atoms with Crippen molar-refractivity contribution >= 4 is 47.3 Å². The van der Waals surface area contributed by atoms with Crippen LogP contribution in [0.5, 0.6) is 0 Å². The number of hydrogen-bond acceptors (Lipinski definition) is 10. The Morgan fingerprint density at radius 2 is 1.82 bits per heavy atom. The standard InChI is InChI=1S/C25H22N4O10S/c1-38-24(34)16-12-40-22-18(21(31)28(22)19(16)23(32)33)26-20(30)17(14-5-3-2-4-6-14)27-25(35)39-11-13-7-9-15(10-8-13)29(36)37/h2-10,17-18,22H,11-12H2,1H3,(H,26,30)(H,27,35)(H,32,33)/t17-,18?,22-/m1/s1. The number of rotatable bonds is 9. The second-order valence-electron chi connectivity index (χ2n) is 8.51. The number of β-lactam (4-membered cyclic amide) rings is 1. The predicted molar refractivity (Wildman–Crippen MR) is 137 cm³/mol. The van der Waals surface area contributed by atoms with E-state index in [0.29, 0.717) is 11.1 Å². The summed E-state index contributed by atoms with van der Waals surface area (Å²) < 4.78 is 9.80. The smallest absolute Gasteiger partial charge is 0.408 e. The van der Waals surface area contributed by atoms with Crippen molar-refractivity contribution in [3.05, 3.63) is 87.1 Å². The second-order valence-corrected chi connectivity index (χ2v) is 9.61. The van der Waals surface area contributed by atoms with E-state index in [4.69, 9.17) is 4.74 Å². The van der Waals surface area contributed by atoms with Gasteiger partial charge in [-0.2, -0.15) is 0 Å². The number of carboxylic acid groups (broad SMARTS) is 1. The number of carbonyl (C=O) groups is 5. The Morgan fingerprint density at radius 1 is 1.15 bits per heavy atom. The van der Waals surface area contributed by atoms with Gasteiger partial charge < -0.3 is 25.2 Å². The molecule has 2 aromatic rings. The molecule has 0 aromatic heterocycles. The molecule has 1 unspecified atom stereocenters. The number of nitro benzene ring substituents is 1. The Balaban J connectivity index is 1.45. The van der Waals surface area contributed by atoms with Crippen molar-refractivity contribution in [2.45, 2.75) is 24.1 Å². The SMILES string of the molecule is COC(=O)C1=C(C(=O)O)N2C(=O)C(NC(=O)[C@H](NC(=O)OCc3ccc([N+](=O)[O-])cc3)c3ccccc3)[C@H]2SC1. The number of nitro groups is 1. The molecule has 0 bridgehead atoms. The number of nitrogens with zero attached hydrogens (tertiary/aromatic N) is 2. The summed E-state index contributed by atoms with van der Waals surface area (Å²) in [6.07, 6.45) is -0.963. The predicted octanol–water partition coefficient (Wildman–Crippen LogP) is 1.47. The third-order valence-electron chi connectivity index (χ3n) is 6.07. The maximum absolute atomic E-state index is 13.3. The molecule has 1 saturated heterocycles. The maximum Gasteiger partial charge on any atom is 0.408 e. The van der Waals surface area contributed by atoms with Crippen LogP contribution < -0.4 is 10.6 Å². The lowest BCUT2D eigenvalue weighted by molar-refractivity contribution is -0.384. The van der Waals surface area contributed by atoms with Crippen LogP contribution in [0.25, 0.3) is 0 Å². The quantitative estimate of drug-likeness (QED) is 0.171. The van der Waals surface area contributed by atoms with Crippen LogP contribution in [-0.2, 0) is 35.3 Å². The van der Waals surface area contributed by atoms with Gasteiger partial charge in [0.2, 0.25) is 5.91 Å². The monoisotopic (exact) mass is 570 g/mol. The molecule has 40 heavy (non-hydrogen) atoms. The van der Waals surface area contributed by atoms with E-state index in [-0.39, 0.29) is 23.6 Å². The molecule has 15 heteroatoms. The minimum Gasteiger partial charge on any atom is -0.477 e. The van der Waals surface area contributed by atoms with Gasteiger partial charge in [-0.1, -0.05) is 30.3 Å². The summed E-state index contributed by atoms with van der Waals surface area (Å²) in [5.74, 6) is -3.90. The summed E-state index contributed by atoms with van der Waals surface area (Å²) in [7, 11) is 1.10. The largest absolute Gasteiger partial charge is 0.477 e. The number of methoxy groups -OCH3 is 1. The van der Waals surface area contributed by atoms with Crippen molar-refractivity contribution in [2.75, 3.05) is 12.9 Å². The fourth-order valence-corrected chi connectivity index (χ4v) is 5.43. The third kappa shape index (κ3) is 5.73. The number of carbonyl (C=O) groups excluding carboxylic acids is 4. The van der Waals surface area contributed by atoms with Gasteiger partial charge >= 0.3 is 18.0 Å². The van der Waals surface area contributed by atoms with Gasteiger partial charge in [0, 0.05) is 17.9 Å². The summed E-state index contributed by atoms with van der Waals surface area (Å²) >= 11 is 1.08. The minimum atomic E-state index is -1.48. The molecule has 0 aliphatic carbocycles. The molecule has 0 spiro atoms. The van der Waals surface area contributed by atoms with Crippen molar-refractivity contribution in [2.24, 2.45) is 0 Å². The number of alkyl carbamates (subject to hydrolysis) is 1. The van der Waals surface area contributed by atoms with E-state index >= 15 is 0 Å². The summed E-state index contributed by atoms with van der Waals surface area (Å²) in [6.45, 7) is -0.228. The van der Waals surface area contributed by atoms with Crippen molar-refractivity contribution in [1.82, 2.24) is 15.5 Å². The Kier molecular flexibility index (Phi) is 8.33.